The molecule has 1 fully saturated rings. The van der Waals surface area contributed by atoms with Crippen molar-refractivity contribution in [1.82, 2.24) is 5.32 Å². The predicted molar refractivity (Wildman–Crippen MR) is 117 cm³/mol. The van der Waals surface area contributed by atoms with Crippen molar-refractivity contribution in [2.24, 2.45) is 0 Å². The first-order chi connectivity index (χ1) is 15.8. The Bertz CT molecular complexity index is 568. The molecule has 9 nitrogen and oxygen atoms in total. The summed E-state index contributed by atoms with van der Waals surface area (Å²) in [5, 5.41) is 2.64. The number of ether oxygens (including phenoxy) is 7. The zero-order valence-corrected chi connectivity index (χ0v) is 18.8. The van der Waals surface area contributed by atoms with Gasteiger partial charge in [0.2, 0.25) is 0 Å². The van der Waals surface area contributed by atoms with Crippen LogP contribution in [0.4, 0.5) is 4.79 Å². The van der Waals surface area contributed by atoms with Gasteiger partial charge in [0.05, 0.1) is 59.5 Å². The quantitative estimate of drug-likeness (QED) is 0.338. The maximum atomic E-state index is 11.6. The van der Waals surface area contributed by atoms with E-state index in [2.05, 4.69) is 5.32 Å². The summed E-state index contributed by atoms with van der Waals surface area (Å²) in [4.78, 5) is 11.6. The van der Waals surface area contributed by atoms with Gasteiger partial charge in [-0.15, -0.1) is 0 Å². The van der Waals surface area contributed by atoms with Crippen LogP contribution in [0, 0.1) is 0 Å². The third kappa shape index (κ3) is 14.3. The van der Waals surface area contributed by atoms with Crippen molar-refractivity contribution < 1.29 is 38.0 Å². The molecular formula is C23H37NO8. The highest BCUT2D eigenvalue weighted by Gasteiger charge is 2.13. The van der Waals surface area contributed by atoms with Crippen LogP contribution in [0.15, 0.2) is 30.3 Å². The van der Waals surface area contributed by atoms with E-state index >= 15 is 0 Å². The molecule has 0 aromatic heterocycles. The normalized spacial score (nSPS) is 16.1. The Morgan fingerprint density at radius 3 is 2.09 bits per heavy atom. The molecule has 182 valence electrons. The van der Waals surface area contributed by atoms with Crippen LogP contribution in [0.2, 0.25) is 0 Å². The van der Waals surface area contributed by atoms with Crippen molar-refractivity contribution in [1.29, 1.82) is 0 Å². The zero-order chi connectivity index (χ0) is 22.5. The molecule has 1 atom stereocenters. The predicted octanol–water partition coefficient (Wildman–Crippen LogP) is 2.52. The molecule has 1 aliphatic rings. The van der Waals surface area contributed by atoms with Crippen molar-refractivity contribution in [3.8, 4) is 0 Å². The molecule has 0 spiro atoms. The molecule has 1 heterocycles. The minimum absolute atomic E-state index is 0.0672. The number of nitrogens with one attached hydrogen (secondary N) is 1. The van der Waals surface area contributed by atoms with E-state index in [1.165, 1.54) is 0 Å². The Morgan fingerprint density at radius 1 is 0.844 bits per heavy atom. The number of carbonyl (C=O) groups excluding carboxylic acids is 1. The molecule has 1 saturated heterocycles. The van der Waals surface area contributed by atoms with Crippen LogP contribution in [0.5, 0.6) is 0 Å². The number of alkyl carbamates (subject to hydrolysis) is 1. The smallest absolute Gasteiger partial charge is 0.407 e. The average molecular weight is 456 g/mol. The van der Waals surface area contributed by atoms with E-state index in [9.17, 15) is 4.79 Å². The zero-order valence-electron chi connectivity index (χ0n) is 18.8. The molecule has 0 aliphatic carbocycles. The van der Waals surface area contributed by atoms with Crippen LogP contribution >= 0.6 is 0 Å². The number of hydrogen-bond donors (Lipinski definition) is 1. The highest BCUT2D eigenvalue weighted by Crippen LogP contribution is 2.13. The number of hydrogen-bond acceptors (Lipinski definition) is 8. The summed E-state index contributed by atoms with van der Waals surface area (Å²) < 4.78 is 37.9. The third-order valence-electron chi connectivity index (χ3n) is 4.51. The van der Waals surface area contributed by atoms with Gasteiger partial charge >= 0.3 is 6.09 Å². The fraction of sp³-hybridized carbons (Fsp3) is 0.696. The lowest BCUT2D eigenvalue weighted by atomic mass is 10.2. The molecule has 1 aromatic rings. The minimum atomic E-state index is -0.458. The van der Waals surface area contributed by atoms with Crippen molar-refractivity contribution in [2.45, 2.75) is 32.2 Å². The van der Waals surface area contributed by atoms with Crippen molar-refractivity contribution >= 4 is 6.09 Å². The Labute approximate surface area is 190 Å². The van der Waals surface area contributed by atoms with Gasteiger partial charge in [0, 0.05) is 13.2 Å². The van der Waals surface area contributed by atoms with E-state index in [4.69, 9.17) is 33.2 Å². The molecule has 1 amide bonds. The lowest BCUT2D eigenvalue weighted by Crippen LogP contribution is -2.28. The molecule has 1 aromatic carbocycles. The van der Waals surface area contributed by atoms with Crippen LogP contribution in [-0.2, 0) is 39.8 Å². The number of rotatable bonds is 18. The Morgan fingerprint density at radius 2 is 1.47 bits per heavy atom. The Hall–Kier alpha value is -1.75. The molecule has 9 heteroatoms. The lowest BCUT2D eigenvalue weighted by molar-refractivity contribution is -0.169. The van der Waals surface area contributed by atoms with Gasteiger partial charge in [-0.3, -0.25) is 0 Å². The van der Waals surface area contributed by atoms with Gasteiger partial charge in [-0.25, -0.2) is 4.79 Å². The fourth-order valence-electron chi connectivity index (χ4n) is 2.84. The summed E-state index contributed by atoms with van der Waals surface area (Å²) in [6.07, 6.45) is 2.73. The second kappa shape index (κ2) is 18.8. The van der Waals surface area contributed by atoms with E-state index in [-0.39, 0.29) is 12.9 Å². The summed E-state index contributed by atoms with van der Waals surface area (Å²) in [5.74, 6) is 0. The largest absolute Gasteiger partial charge is 0.445 e. The molecule has 0 radical (unpaired) electrons. The lowest BCUT2D eigenvalue weighted by Gasteiger charge is -2.22. The molecular weight excluding hydrogens is 418 g/mol. The third-order valence-corrected chi connectivity index (χ3v) is 4.51. The summed E-state index contributed by atoms with van der Waals surface area (Å²) in [5.41, 5.74) is 0.947. The summed E-state index contributed by atoms with van der Waals surface area (Å²) in [7, 11) is 0. The maximum absolute atomic E-state index is 11.6. The molecule has 1 aliphatic heterocycles. The second-order valence-electron chi connectivity index (χ2n) is 7.10. The van der Waals surface area contributed by atoms with Gasteiger partial charge in [0.15, 0.2) is 6.29 Å². The molecule has 0 bridgehead atoms. The average Bonchev–Trinajstić information content (AvgIpc) is 2.83. The molecule has 2 rings (SSSR count). The van der Waals surface area contributed by atoms with Crippen molar-refractivity contribution in [2.75, 3.05) is 72.6 Å². The van der Waals surface area contributed by atoms with Gasteiger partial charge in [-0.05, 0) is 24.8 Å². The maximum Gasteiger partial charge on any atom is 0.407 e. The summed E-state index contributed by atoms with van der Waals surface area (Å²) in [6, 6.07) is 9.53. The van der Waals surface area contributed by atoms with E-state index < -0.39 is 6.09 Å². The molecule has 1 unspecified atom stereocenters. The Balaban J connectivity index is 1.24. The first-order valence-electron chi connectivity index (χ1n) is 11.3. The van der Waals surface area contributed by atoms with E-state index in [0.717, 1.165) is 31.4 Å². The van der Waals surface area contributed by atoms with Gasteiger partial charge in [-0.2, -0.15) is 0 Å². The molecule has 1 N–H and O–H groups in total. The second-order valence-corrected chi connectivity index (χ2v) is 7.10. The van der Waals surface area contributed by atoms with Gasteiger partial charge in [0.1, 0.15) is 6.61 Å². The summed E-state index contributed by atoms with van der Waals surface area (Å²) in [6.45, 7) is 5.87. The minimum Gasteiger partial charge on any atom is -0.445 e. The van der Waals surface area contributed by atoms with Gasteiger partial charge in [0.25, 0.3) is 0 Å². The van der Waals surface area contributed by atoms with Crippen LogP contribution in [-0.4, -0.2) is 85.0 Å². The summed E-state index contributed by atoms with van der Waals surface area (Å²) >= 11 is 0. The van der Waals surface area contributed by atoms with Crippen LogP contribution in [0.25, 0.3) is 0 Å². The monoisotopic (exact) mass is 455 g/mol. The van der Waals surface area contributed by atoms with Crippen molar-refractivity contribution in [3.05, 3.63) is 35.9 Å². The van der Waals surface area contributed by atoms with E-state index in [1.54, 1.807) is 0 Å². The Kier molecular flexibility index (Phi) is 15.6. The highest BCUT2D eigenvalue weighted by molar-refractivity contribution is 5.67. The SMILES string of the molecule is O=C(NCCOCCOCCOCCOCCOC1CCCCO1)OCc1ccccc1. The highest BCUT2D eigenvalue weighted by atomic mass is 16.7. The molecule has 32 heavy (non-hydrogen) atoms. The van der Waals surface area contributed by atoms with E-state index in [0.29, 0.717) is 66.0 Å². The van der Waals surface area contributed by atoms with Crippen LogP contribution in [0.1, 0.15) is 24.8 Å². The van der Waals surface area contributed by atoms with Gasteiger partial charge in [-0.1, -0.05) is 30.3 Å². The standard InChI is InChI=1S/C23H37NO8/c25-23(32-20-21-6-2-1-3-7-21)24-9-11-26-12-13-27-14-15-28-16-17-29-18-19-31-22-8-4-5-10-30-22/h1-3,6-7,22H,4-5,8-20H2,(H,24,25). The first kappa shape index (κ1) is 26.5. The topological polar surface area (TPSA) is 93.7 Å². The van der Waals surface area contributed by atoms with Crippen molar-refractivity contribution in [3.63, 3.8) is 0 Å². The number of benzene rings is 1. The van der Waals surface area contributed by atoms with Gasteiger partial charge < -0.3 is 38.5 Å². The number of amides is 1. The fourth-order valence-corrected chi connectivity index (χ4v) is 2.84. The number of carbonyl (C=O) groups is 1. The van der Waals surface area contributed by atoms with E-state index in [1.807, 2.05) is 30.3 Å². The first-order valence-corrected chi connectivity index (χ1v) is 11.3. The van der Waals surface area contributed by atoms with Crippen LogP contribution < -0.4 is 5.32 Å². The molecule has 0 saturated carbocycles. The van der Waals surface area contributed by atoms with Crippen LogP contribution in [0.3, 0.4) is 0 Å².